The Morgan fingerprint density at radius 2 is 1.83 bits per heavy atom. The standard InChI is InChI=1S/C15H18F3NO5/c1-15(2,3)24-14(22)19-10(13(20)21)7-23-6-8-4-5-9(16)12(18)11(8)17/h4-5,10H,6-7H2,1-3H3,(H,19,22)(H,20,21)/t10-/m1/s1. The first-order chi connectivity index (χ1) is 11.0. The minimum atomic E-state index is -1.64. The highest BCUT2D eigenvalue weighted by Crippen LogP contribution is 2.16. The van der Waals surface area contributed by atoms with Gasteiger partial charge in [0, 0.05) is 5.56 Å². The number of ether oxygens (including phenoxy) is 2. The lowest BCUT2D eigenvalue weighted by molar-refractivity contribution is -0.141. The second kappa shape index (κ2) is 8.00. The summed E-state index contributed by atoms with van der Waals surface area (Å²) in [6, 6.07) is 0.253. The number of benzene rings is 1. The van der Waals surface area contributed by atoms with Gasteiger partial charge in [-0.15, -0.1) is 0 Å². The highest BCUT2D eigenvalue weighted by molar-refractivity contribution is 5.80. The lowest BCUT2D eigenvalue weighted by atomic mass is 10.2. The summed E-state index contributed by atoms with van der Waals surface area (Å²) in [5.41, 5.74) is -1.10. The Morgan fingerprint density at radius 1 is 1.21 bits per heavy atom. The fraction of sp³-hybridized carbons (Fsp3) is 0.467. The molecule has 0 spiro atoms. The Kier molecular flexibility index (Phi) is 6.59. The summed E-state index contributed by atoms with van der Waals surface area (Å²) in [4.78, 5) is 22.6. The van der Waals surface area contributed by atoms with Gasteiger partial charge in [0.15, 0.2) is 23.5 Å². The molecule has 134 valence electrons. The number of nitrogens with one attached hydrogen (secondary N) is 1. The molecule has 0 unspecified atom stereocenters. The number of amides is 1. The Hall–Kier alpha value is -2.29. The maximum atomic E-state index is 13.4. The van der Waals surface area contributed by atoms with E-state index in [9.17, 15) is 22.8 Å². The van der Waals surface area contributed by atoms with Crippen molar-refractivity contribution in [2.75, 3.05) is 6.61 Å². The molecule has 0 fully saturated rings. The van der Waals surface area contributed by atoms with Crippen molar-refractivity contribution in [3.05, 3.63) is 35.1 Å². The Morgan fingerprint density at radius 3 is 2.38 bits per heavy atom. The molecule has 0 saturated carbocycles. The van der Waals surface area contributed by atoms with E-state index in [-0.39, 0.29) is 5.56 Å². The van der Waals surface area contributed by atoms with E-state index < -0.39 is 54.4 Å². The first-order valence-electron chi connectivity index (χ1n) is 6.93. The lowest BCUT2D eigenvalue weighted by Crippen LogP contribution is -2.46. The number of carboxylic acid groups (broad SMARTS) is 1. The van der Waals surface area contributed by atoms with Crippen LogP contribution in [0.15, 0.2) is 12.1 Å². The van der Waals surface area contributed by atoms with Crippen LogP contribution in [0.1, 0.15) is 26.3 Å². The molecule has 0 aliphatic carbocycles. The van der Waals surface area contributed by atoms with Gasteiger partial charge in [-0.25, -0.2) is 22.8 Å². The van der Waals surface area contributed by atoms with Crippen LogP contribution >= 0.6 is 0 Å². The zero-order valence-corrected chi connectivity index (χ0v) is 13.4. The molecule has 0 bridgehead atoms. The third-order valence-electron chi connectivity index (χ3n) is 2.65. The fourth-order valence-corrected chi connectivity index (χ4v) is 1.59. The molecular formula is C15H18F3NO5. The van der Waals surface area contributed by atoms with E-state index in [4.69, 9.17) is 14.6 Å². The second-order valence-corrected chi connectivity index (χ2v) is 5.89. The molecule has 1 aromatic rings. The molecule has 24 heavy (non-hydrogen) atoms. The van der Waals surface area contributed by atoms with Gasteiger partial charge in [0.05, 0.1) is 13.2 Å². The number of hydrogen-bond donors (Lipinski definition) is 2. The minimum Gasteiger partial charge on any atom is -0.480 e. The summed E-state index contributed by atoms with van der Waals surface area (Å²) < 4.78 is 49.2. The number of halogens is 3. The van der Waals surface area contributed by atoms with Crippen molar-refractivity contribution in [1.82, 2.24) is 5.32 Å². The number of carboxylic acids is 1. The van der Waals surface area contributed by atoms with Gasteiger partial charge in [-0.05, 0) is 26.8 Å². The molecule has 6 nitrogen and oxygen atoms in total. The number of carbonyl (C=O) groups is 2. The molecule has 0 saturated heterocycles. The molecule has 9 heteroatoms. The van der Waals surface area contributed by atoms with E-state index in [0.717, 1.165) is 12.1 Å². The van der Waals surface area contributed by atoms with Crippen molar-refractivity contribution in [2.24, 2.45) is 0 Å². The predicted octanol–water partition coefficient (Wildman–Crippen LogP) is 2.60. The normalized spacial score (nSPS) is 12.6. The van der Waals surface area contributed by atoms with Crippen LogP contribution in [-0.4, -0.2) is 35.4 Å². The van der Waals surface area contributed by atoms with Crippen LogP contribution in [0.3, 0.4) is 0 Å². The third kappa shape index (κ3) is 6.07. The van der Waals surface area contributed by atoms with Gasteiger partial charge >= 0.3 is 12.1 Å². The maximum Gasteiger partial charge on any atom is 0.408 e. The highest BCUT2D eigenvalue weighted by Gasteiger charge is 2.24. The summed E-state index contributed by atoms with van der Waals surface area (Å²) in [5, 5.41) is 11.1. The molecular weight excluding hydrogens is 331 g/mol. The van der Waals surface area contributed by atoms with Crippen LogP contribution in [-0.2, 0) is 20.9 Å². The van der Waals surface area contributed by atoms with E-state index in [2.05, 4.69) is 5.32 Å². The van der Waals surface area contributed by atoms with Gasteiger partial charge in [0.25, 0.3) is 0 Å². The topological polar surface area (TPSA) is 84.9 Å². The lowest BCUT2D eigenvalue weighted by Gasteiger charge is -2.22. The largest absolute Gasteiger partial charge is 0.480 e. The van der Waals surface area contributed by atoms with Gasteiger partial charge in [-0.1, -0.05) is 6.07 Å². The summed E-state index contributed by atoms with van der Waals surface area (Å²) >= 11 is 0. The summed E-state index contributed by atoms with van der Waals surface area (Å²) in [7, 11) is 0. The van der Waals surface area contributed by atoms with Crippen molar-refractivity contribution in [3.8, 4) is 0 Å². The highest BCUT2D eigenvalue weighted by atomic mass is 19.2. The van der Waals surface area contributed by atoms with Crippen molar-refractivity contribution >= 4 is 12.1 Å². The molecule has 0 radical (unpaired) electrons. The van der Waals surface area contributed by atoms with Gasteiger partial charge in [0.1, 0.15) is 5.60 Å². The maximum absolute atomic E-state index is 13.4. The monoisotopic (exact) mass is 349 g/mol. The van der Waals surface area contributed by atoms with Gasteiger partial charge in [0.2, 0.25) is 0 Å². The number of aliphatic carboxylic acids is 1. The molecule has 0 aromatic heterocycles. The van der Waals surface area contributed by atoms with Crippen LogP contribution in [0, 0.1) is 17.5 Å². The Labute approximate surface area is 136 Å². The summed E-state index contributed by atoms with van der Waals surface area (Å²) in [6.45, 7) is 3.79. The predicted molar refractivity (Wildman–Crippen MR) is 76.8 cm³/mol. The van der Waals surface area contributed by atoms with Crippen LogP contribution in [0.4, 0.5) is 18.0 Å². The van der Waals surface area contributed by atoms with Crippen LogP contribution in [0.2, 0.25) is 0 Å². The van der Waals surface area contributed by atoms with E-state index in [1.54, 1.807) is 20.8 Å². The van der Waals surface area contributed by atoms with Gasteiger partial charge < -0.3 is 19.9 Å². The molecule has 1 aromatic carbocycles. The molecule has 1 rings (SSSR count). The Bertz CT molecular complexity index is 616. The van der Waals surface area contributed by atoms with E-state index >= 15 is 0 Å². The van der Waals surface area contributed by atoms with Crippen LogP contribution in [0.25, 0.3) is 0 Å². The fourth-order valence-electron chi connectivity index (χ4n) is 1.59. The third-order valence-corrected chi connectivity index (χ3v) is 2.65. The average molecular weight is 349 g/mol. The number of alkyl carbamates (subject to hydrolysis) is 1. The average Bonchev–Trinajstić information content (AvgIpc) is 2.44. The molecule has 0 heterocycles. The molecule has 2 N–H and O–H groups in total. The van der Waals surface area contributed by atoms with Gasteiger partial charge in [-0.3, -0.25) is 0 Å². The molecule has 0 aliphatic heterocycles. The van der Waals surface area contributed by atoms with E-state index in [1.807, 2.05) is 0 Å². The van der Waals surface area contributed by atoms with Gasteiger partial charge in [-0.2, -0.15) is 0 Å². The molecule has 0 aliphatic rings. The smallest absolute Gasteiger partial charge is 0.408 e. The number of rotatable bonds is 6. The first kappa shape index (κ1) is 19.8. The first-order valence-corrected chi connectivity index (χ1v) is 6.93. The minimum absolute atomic E-state index is 0.282. The Balaban J connectivity index is 2.60. The van der Waals surface area contributed by atoms with Crippen LogP contribution < -0.4 is 5.32 Å². The summed E-state index contributed by atoms with van der Waals surface area (Å²) in [6.07, 6.45) is -0.961. The van der Waals surface area contributed by atoms with Crippen molar-refractivity contribution in [1.29, 1.82) is 0 Å². The molecule has 1 amide bonds. The quantitative estimate of drug-likeness (QED) is 0.771. The summed E-state index contributed by atoms with van der Waals surface area (Å²) in [5.74, 6) is -5.79. The van der Waals surface area contributed by atoms with Crippen molar-refractivity contribution < 1.29 is 37.3 Å². The zero-order chi connectivity index (χ0) is 18.5. The zero-order valence-electron chi connectivity index (χ0n) is 13.4. The number of carbonyl (C=O) groups excluding carboxylic acids is 1. The number of hydrogen-bond acceptors (Lipinski definition) is 4. The molecule has 1 atom stereocenters. The van der Waals surface area contributed by atoms with Crippen LogP contribution in [0.5, 0.6) is 0 Å². The SMILES string of the molecule is CC(C)(C)OC(=O)N[C@H](COCc1ccc(F)c(F)c1F)C(=O)O. The van der Waals surface area contributed by atoms with E-state index in [1.165, 1.54) is 0 Å². The van der Waals surface area contributed by atoms with E-state index in [0.29, 0.717) is 0 Å². The van der Waals surface area contributed by atoms with Crippen molar-refractivity contribution in [2.45, 2.75) is 39.0 Å². The van der Waals surface area contributed by atoms with Crippen molar-refractivity contribution in [3.63, 3.8) is 0 Å². The second-order valence-electron chi connectivity index (χ2n) is 5.89.